The first-order chi connectivity index (χ1) is 9.28. The summed E-state index contributed by atoms with van der Waals surface area (Å²) in [5, 5.41) is 12.7. The number of H-pyrrole nitrogens is 1. The van der Waals surface area contributed by atoms with E-state index < -0.39 is 0 Å². The molecule has 2 aromatic heterocycles. The fraction of sp³-hybridized carbons (Fsp3) is 0.0769. The maximum atomic E-state index is 8.84. The molecule has 0 unspecified atom stereocenters. The van der Waals surface area contributed by atoms with Gasteiger partial charge in [-0.1, -0.05) is 5.16 Å². The molecule has 0 saturated carbocycles. The van der Waals surface area contributed by atoms with Crippen LogP contribution in [0.15, 0.2) is 35.1 Å². The van der Waals surface area contributed by atoms with Gasteiger partial charge in [-0.05, 0) is 30.7 Å². The number of aryl methyl sites for hydroxylation is 1. The summed E-state index contributed by atoms with van der Waals surface area (Å²) in [7, 11) is 0. The lowest BCUT2D eigenvalue weighted by molar-refractivity contribution is 0.431. The molecule has 2 heterocycles. The van der Waals surface area contributed by atoms with Crippen LogP contribution in [-0.2, 0) is 0 Å². The summed E-state index contributed by atoms with van der Waals surface area (Å²) in [5.74, 6) is 1.37. The Labute approximate surface area is 108 Å². The van der Waals surface area contributed by atoms with Crippen molar-refractivity contribution in [3.63, 3.8) is 0 Å². The number of nitrogens with zero attached hydrogens (tertiary/aromatic N) is 4. The Bertz CT molecular complexity index is 752. The van der Waals surface area contributed by atoms with Gasteiger partial charge in [0.25, 0.3) is 5.89 Å². The van der Waals surface area contributed by atoms with E-state index in [0.29, 0.717) is 23.1 Å². The summed E-state index contributed by atoms with van der Waals surface area (Å²) in [6, 6.07) is 7.40. The van der Waals surface area contributed by atoms with E-state index in [2.05, 4.69) is 26.2 Å². The van der Waals surface area contributed by atoms with Gasteiger partial charge in [-0.15, -0.1) is 0 Å². The van der Waals surface area contributed by atoms with Crippen LogP contribution in [0.4, 0.5) is 0 Å². The first-order valence-corrected chi connectivity index (χ1v) is 5.62. The average molecular weight is 251 g/mol. The predicted molar refractivity (Wildman–Crippen MR) is 66.8 cm³/mol. The first-order valence-electron chi connectivity index (χ1n) is 5.62. The second-order valence-corrected chi connectivity index (χ2v) is 4.00. The minimum atomic E-state index is 0.406. The maximum Gasteiger partial charge on any atom is 0.258 e. The summed E-state index contributed by atoms with van der Waals surface area (Å²) >= 11 is 0. The van der Waals surface area contributed by atoms with Crippen LogP contribution >= 0.6 is 0 Å². The highest BCUT2D eigenvalue weighted by Gasteiger charge is 2.13. The molecule has 1 N–H and O–H groups in total. The molecule has 3 rings (SSSR count). The van der Waals surface area contributed by atoms with Gasteiger partial charge in [-0.25, -0.2) is 4.98 Å². The number of hydrogen-bond donors (Lipinski definition) is 1. The zero-order valence-electron chi connectivity index (χ0n) is 10.1. The highest BCUT2D eigenvalue weighted by molar-refractivity contribution is 5.61. The molecule has 0 radical (unpaired) electrons. The van der Waals surface area contributed by atoms with E-state index in [4.69, 9.17) is 9.78 Å². The minimum absolute atomic E-state index is 0.406. The SMILES string of the molecule is Cc1cc(C#N)ccc1-c1nc(-c2ncc[nH]2)no1. The van der Waals surface area contributed by atoms with Gasteiger partial charge < -0.3 is 9.51 Å². The van der Waals surface area contributed by atoms with Crippen molar-refractivity contribution in [3.8, 4) is 29.2 Å². The van der Waals surface area contributed by atoms with Crippen molar-refractivity contribution in [3.05, 3.63) is 41.7 Å². The molecule has 0 saturated heterocycles. The molecule has 0 aliphatic heterocycles. The van der Waals surface area contributed by atoms with Crippen molar-refractivity contribution in [2.45, 2.75) is 6.92 Å². The first kappa shape index (κ1) is 11.2. The van der Waals surface area contributed by atoms with Gasteiger partial charge >= 0.3 is 0 Å². The van der Waals surface area contributed by atoms with Crippen molar-refractivity contribution in [2.75, 3.05) is 0 Å². The molecule has 92 valence electrons. The van der Waals surface area contributed by atoms with E-state index in [1.807, 2.05) is 6.92 Å². The summed E-state index contributed by atoms with van der Waals surface area (Å²) < 4.78 is 5.22. The summed E-state index contributed by atoms with van der Waals surface area (Å²) in [6.07, 6.45) is 3.32. The lowest BCUT2D eigenvalue weighted by atomic mass is 10.1. The molecule has 0 amide bonds. The zero-order valence-corrected chi connectivity index (χ0v) is 10.1. The van der Waals surface area contributed by atoms with Crippen LogP contribution in [0.2, 0.25) is 0 Å². The Kier molecular flexibility index (Phi) is 2.58. The molecule has 6 heteroatoms. The molecular weight excluding hydrogens is 242 g/mol. The standard InChI is InChI=1S/C13H9N5O/c1-8-6-9(7-14)2-3-10(8)13-17-12(18-19-13)11-15-4-5-16-11/h2-6H,1H3,(H,15,16). The Hall–Kier alpha value is -2.94. The molecule has 0 aliphatic rings. The maximum absolute atomic E-state index is 8.84. The van der Waals surface area contributed by atoms with E-state index in [1.165, 1.54) is 0 Å². The van der Waals surface area contributed by atoms with Crippen LogP contribution in [0, 0.1) is 18.3 Å². The van der Waals surface area contributed by atoms with Gasteiger partial charge in [0.15, 0.2) is 5.82 Å². The molecule has 19 heavy (non-hydrogen) atoms. The minimum Gasteiger partial charge on any atom is -0.342 e. The third kappa shape index (κ3) is 1.98. The predicted octanol–water partition coefficient (Wildman–Crippen LogP) is 2.31. The molecular formula is C13H9N5O. The fourth-order valence-electron chi connectivity index (χ4n) is 1.79. The molecule has 1 aromatic carbocycles. The van der Waals surface area contributed by atoms with E-state index >= 15 is 0 Å². The summed E-state index contributed by atoms with van der Waals surface area (Å²) in [6.45, 7) is 1.90. The molecule has 0 spiro atoms. The van der Waals surface area contributed by atoms with Crippen molar-refractivity contribution in [2.24, 2.45) is 0 Å². The Morgan fingerprint density at radius 3 is 2.95 bits per heavy atom. The van der Waals surface area contributed by atoms with Crippen LogP contribution < -0.4 is 0 Å². The van der Waals surface area contributed by atoms with Crippen LogP contribution in [0.1, 0.15) is 11.1 Å². The smallest absolute Gasteiger partial charge is 0.258 e. The third-order valence-electron chi connectivity index (χ3n) is 2.72. The van der Waals surface area contributed by atoms with Gasteiger partial charge in [0.1, 0.15) is 0 Å². The van der Waals surface area contributed by atoms with Crippen molar-refractivity contribution < 1.29 is 4.52 Å². The largest absolute Gasteiger partial charge is 0.342 e. The number of benzene rings is 1. The number of hydrogen-bond acceptors (Lipinski definition) is 5. The lowest BCUT2D eigenvalue weighted by Gasteiger charge is -1.99. The lowest BCUT2D eigenvalue weighted by Crippen LogP contribution is -1.86. The Morgan fingerprint density at radius 1 is 1.37 bits per heavy atom. The molecule has 0 atom stereocenters. The van der Waals surface area contributed by atoms with Gasteiger partial charge in [0, 0.05) is 18.0 Å². The van der Waals surface area contributed by atoms with Crippen molar-refractivity contribution in [1.29, 1.82) is 5.26 Å². The number of aromatic amines is 1. The average Bonchev–Trinajstić information content (AvgIpc) is 3.09. The van der Waals surface area contributed by atoms with Gasteiger partial charge in [0.05, 0.1) is 11.6 Å². The second kappa shape index (κ2) is 4.38. The highest BCUT2D eigenvalue weighted by Crippen LogP contribution is 2.24. The topological polar surface area (TPSA) is 91.4 Å². The van der Waals surface area contributed by atoms with Gasteiger partial charge in [0.2, 0.25) is 5.82 Å². The van der Waals surface area contributed by atoms with E-state index in [0.717, 1.165) is 11.1 Å². The molecule has 0 bridgehead atoms. The molecule has 0 fully saturated rings. The normalized spacial score (nSPS) is 10.3. The van der Waals surface area contributed by atoms with E-state index in [9.17, 15) is 0 Å². The number of imidazole rings is 1. The second-order valence-electron chi connectivity index (χ2n) is 4.00. The monoisotopic (exact) mass is 251 g/mol. The van der Waals surface area contributed by atoms with E-state index in [1.54, 1.807) is 30.6 Å². The van der Waals surface area contributed by atoms with Crippen LogP contribution in [0.5, 0.6) is 0 Å². The number of rotatable bonds is 2. The van der Waals surface area contributed by atoms with Crippen LogP contribution in [0.25, 0.3) is 23.1 Å². The fourth-order valence-corrected chi connectivity index (χ4v) is 1.79. The third-order valence-corrected chi connectivity index (χ3v) is 2.72. The quantitative estimate of drug-likeness (QED) is 0.754. The van der Waals surface area contributed by atoms with Crippen molar-refractivity contribution in [1.82, 2.24) is 20.1 Å². The van der Waals surface area contributed by atoms with E-state index in [-0.39, 0.29) is 0 Å². The highest BCUT2D eigenvalue weighted by atomic mass is 16.5. The zero-order chi connectivity index (χ0) is 13.2. The molecule has 6 nitrogen and oxygen atoms in total. The Balaban J connectivity index is 2.02. The van der Waals surface area contributed by atoms with Gasteiger partial charge in [-0.3, -0.25) is 0 Å². The van der Waals surface area contributed by atoms with Crippen molar-refractivity contribution >= 4 is 0 Å². The van der Waals surface area contributed by atoms with Gasteiger partial charge in [-0.2, -0.15) is 10.2 Å². The Morgan fingerprint density at radius 2 is 2.26 bits per heavy atom. The number of nitriles is 1. The van der Waals surface area contributed by atoms with Crippen LogP contribution in [-0.4, -0.2) is 20.1 Å². The summed E-state index contributed by atoms with van der Waals surface area (Å²) in [5.41, 5.74) is 2.32. The molecule has 0 aliphatic carbocycles. The molecule has 3 aromatic rings. The summed E-state index contributed by atoms with van der Waals surface area (Å²) in [4.78, 5) is 11.3. The number of nitrogens with one attached hydrogen (secondary N) is 1. The number of aromatic nitrogens is 4. The van der Waals surface area contributed by atoms with Crippen LogP contribution in [0.3, 0.4) is 0 Å².